The molecule has 0 radical (unpaired) electrons. The average Bonchev–Trinajstić information content (AvgIpc) is 2.91. The van der Waals surface area contributed by atoms with Crippen molar-refractivity contribution in [2.24, 2.45) is 0 Å². The van der Waals surface area contributed by atoms with Crippen molar-refractivity contribution in [3.63, 3.8) is 0 Å². The first-order valence-corrected chi connectivity index (χ1v) is 19.4. The van der Waals surface area contributed by atoms with Gasteiger partial charge in [0.05, 0.1) is 0 Å². The van der Waals surface area contributed by atoms with Gasteiger partial charge in [-0.25, -0.2) is 0 Å². The molecule has 2 aromatic rings. The molecule has 0 aromatic heterocycles. The number of benzene rings is 2. The lowest BCUT2D eigenvalue weighted by Crippen LogP contribution is -2.43. The second-order valence-electron chi connectivity index (χ2n) is 13.3. The van der Waals surface area contributed by atoms with Crippen molar-refractivity contribution in [2.45, 2.75) is 150 Å². The second-order valence-corrected chi connectivity index (χ2v) is 18.0. The molecule has 0 atom stereocenters. The number of unbranched alkanes of at least 4 members (excludes halogenated alkanes) is 12. The quantitative estimate of drug-likeness (QED) is 0.117. The second kappa shape index (κ2) is 18.2. The van der Waals surface area contributed by atoms with Gasteiger partial charge in [-0.3, -0.25) is 0 Å². The molecule has 0 heterocycles. The zero-order valence-electron chi connectivity index (χ0n) is 27.8. The molecule has 224 valence electrons. The monoisotopic (exact) mass is 570 g/mol. The molecular weight excluding hydrogens is 513 g/mol. The molecule has 0 saturated heterocycles. The van der Waals surface area contributed by atoms with E-state index in [0.717, 1.165) is 35.3 Å². The Hall–Kier alpha value is -2.42. The van der Waals surface area contributed by atoms with Crippen molar-refractivity contribution in [1.29, 1.82) is 0 Å². The Kier molecular flexibility index (Phi) is 15.4. The first kappa shape index (κ1) is 34.8. The fourth-order valence-electron chi connectivity index (χ4n) is 4.67. The van der Waals surface area contributed by atoms with Gasteiger partial charge in [-0.1, -0.05) is 135 Å². The number of hydrogen-bond donors (Lipinski definition) is 0. The van der Waals surface area contributed by atoms with E-state index < -0.39 is 8.32 Å². The Labute approximate surface area is 255 Å². The molecule has 0 aliphatic rings. The zero-order valence-corrected chi connectivity index (χ0v) is 28.8. The predicted octanol–water partition coefficient (Wildman–Crippen LogP) is 12.3. The standard InChI is InChI=1S/C39H58OSi/c1-9-11-13-15-17-19-21-23-25-34-31-33(3)27-29-37(34)38-30-28-36(40-41(7,8)39(4,5)6)32-35(38)26-24-22-20-18-16-14-12-10-2/h27-32H,9-22H2,1-8H3. The number of hydrogen-bond acceptors (Lipinski definition) is 1. The maximum absolute atomic E-state index is 6.70. The van der Waals surface area contributed by atoms with Crippen molar-refractivity contribution >= 4 is 8.32 Å². The third-order valence-electron chi connectivity index (χ3n) is 8.39. The lowest BCUT2D eigenvalue weighted by Gasteiger charge is -2.36. The summed E-state index contributed by atoms with van der Waals surface area (Å²) in [6.07, 6.45) is 17.4. The van der Waals surface area contributed by atoms with Crippen LogP contribution in [0.1, 0.15) is 141 Å². The lowest BCUT2D eigenvalue weighted by atomic mass is 9.94. The van der Waals surface area contributed by atoms with Gasteiger partial charge in [0, 0.05) is 24.0 Å². The molecule has 0 N–H and O–H groups in total. The zero-order chi connectivity index (χ0) is 30.1. The molecule has 0 saturated carbocycles. The van der Waals surface area contributed by atoms with E-state index in [1.54, 1.807) is 0 Å². The number of aryl methyl sites for hydroxylation is 1. The molecule has 0 fully saturated rings. The van der Waals surface area contributed by atoms with Crippen molar-refractivity contribution in [2.75, 3.05) is 0 Å². The first-order chi connectivity index (χ1) is 19.6. The van der Waals surface area contributed by atoms with Crippen LogP contribution in [0.5, 0.6) is 5.75 Å². The van der Waals surface area contributed by atoms with Crippen LogP contribution in [0.15, 0.2) is 36.4 Å². The van der Waals surface area contributed by atoms with Gasteiger partial charge in [-0.05, 0) is 78.9 Å². The van der Waals surface area contributed by atoms with Gasteiger partial charge >= 0.3 is 0 Å². The van der Waals surface area contributed by atoms with Crippen molar-refractivity contribution in [1.82, 2.24) is 0 Å². The summed E-state index contributed by atoms with van der Waals surface area (Å²) in [4.78, 5) is 0. The van der Waals surface area contributed by atoms with Crippen LogP contribution in [0, 0.1) is 30.6 Å². The normalized spacial score (nSPS) is 11.4. The molecule has 0 amide bonds. The summed E-state index contributed by atoms with van der Waals surface area (Å²) in [5.74, 6) is 15.0. The number of rotatable bonds is 15. The van der Waals surface area contributed by atoms with Crippen LogP contribution in [-0.2, 0) is 0 Å². The first-order valence-electron chi connectivity index (χ1n) is 16.5. The van der Waals surface area contributed by atoms with Gasteiger partial charge in [0.1, 0.15) is 5.75 Å². The highest BCUT2D eigenvalue weighted by atomic mass is 28.4. The molecule has 0 bridgehead atoms. The predicted molar refractivity (Wildman–Crippen MR) is 184 cm³/mol. The van der Waals surface area contributed by atoms with Gasteiger partial charge in [-0.15, -0.1) is 0 Å². The minimum absolute atomic E-state index is 0.144. The Bertz CT molecular complexity index is 1180. The third-order valence-corrected chi connectivity index (χ3v) is 12.8. The third kappa shape index (κ3) is 12.5. The summed E-state index contributed by atoms with van der Waals surface area (Å²) in [5.41, 5.74) is 5.73. The van der Waals surface area contributed by atoms with Crippen LogP contribution >= 0.6 is 0 Å². The molecule has 0 unspecified atom stereocenters. The fraction of sp³-hybridized carbons (Fsp3) is 0.590. The average molecular weight is 571 g/mol. The Balaban J connectivity index is 2.32. The topological polar surface area (TPSA) is 9.23 Å². The SMILES string of the molecule is CCCCCCCCC#Cc1cc(C)ccc1-c1ccc(O[Si](C)(C)C(C)(C)C)cc1C#CCCCCCCCC. The molecule has 41 heavy (non-hydrogen) atoms. The largest absolute Gasteiger partial charge is 0.543 e. The van der Waals surface area contributed by atoms with Gasteiger partial charge in [0.2, 0.25) is 8.32 Å². The fourth-order valence-corrected chi connectivity index (χ4v) is 5.69. The van der Waals surface area contributed by atoms with Crippen LogP contribution < -0.4 is 4.43 Å². The van der Waals surface area contributed by atoms with Crippen molar-refractivity contribution in [3.05, 3.63) is 53.1 Å². The van der Waals surface area contributed by atoms with Crippen molar-refractivity contribution in [3.8, 4) is 40.6 Å². The van der Waals surface area contributed by atoms with Crippen molar-refractivity contribution < 1.29 is 4.43 Å². The Morgan fingerprint density at radius 1 is 0.634 bits per heavy atom. The van der Waals surface area contributed by atoms with Crippen LogP contribution in [0.3, 0.4) is 0 Å². The Morgan fingerprint density at radius 2 is 1.10 bits per heavy atom. The summed E-state index contributed by atoms with van der Waals surface area (Å²) in [7, 11) is -1.95. The van der Waals surface area contributed by atoms with E-state index in [1.807, 2.05) is 0 Å². The van der Waals surface area contributed by atoms with E-state index in [1.165, 1.54) is 88.2 Å². The van der Waals surface area contributed by atoms with E-state index >= 15 is 0 Å². The smallest absolute Gasteiger partial charge is 0.250 e. The summed E-state index contributed by atoms with van der Waals surface area (Å²) in [6, 6.07) is 13.2. The Morgan fingerprint density at radius 3 is 1.61 bits per heavy atom. The van der Waals surface area contributed by atoms with E-state index in [0.29, 0.717) is 0 Å². The van der Waals surface area contributed by atoms with E-state index in [4.69, 9.17) is 4.43 Å². The van der Waals surface area contributed by atoms with Crippen LogP contribution in [0.2, 0.25) is 18.1 Å². The minimum Gasteiger partial charge on any atom is -0.543 e. The molecule has 2 rings (SSSR count). The minimum atomic E-state index is -1.95. The summed E-state index contributed by atoms with van der Waals surface area (Å²) in [6.45, 7) is 18.2. The molecular formula is C39H58OSi. The summed E-state index contributed by atoms with van der Waals surface area (Å²) in [5, 5.41) is 0.144. The summed E-state index contributed by atoms with van der Waals surface area (Å²) < 4.78 is 6.70. The van der Waals surface area contributed by atoms with Gasteiger partial charge in [-0.2, -0.15) is 0 Å². The maximum atomic E-state index is 6.70. The van der Waals surface area contributed by atoms with E-state index in [2.05, 4.69) is 115 Å². The van der Waals surface area contributed by atoms with Crippen LogP contribution in [0.4, 0.5) is 0 Å². The maximum Gasteiger partial charge on any atom is 0.250 e. The lowest BCUT2D eigenvalue weighted by molar-refractivity contribution is 0.492. The molecule has 2 aromatic carbocycles. The highest BCUT2D eigenvalue weighted by Crippen LogP contribution is 2.38. The van der Waals surface area contributed by atoms with Gasteiger partial charge < -0.3 is 4.43 Å². The van der Waals surface area contributed by atoms with E-state index in [9.17, 15) is 0 Å². The van der Waals surface area contributed by atoms with E-state index in [-0.39, 0.29) is 5.04 Å². The molecule has 0 aliphatic heterocycles. The molecule has 0 aliphatic carbocycles. The van der Waals surface area contributed by atoms with Gasteiger partial charge in [0.25, 0.3) is 0 Å². The highest BCUT2D eigenvalue weighted by Gasteiger charge is 2.39. The van der Waals surface area contributed by atoms with Crippen LogP contribution in [0.25, 0.3) is 11.1 Å². The highest BCUT2D eigenvalue weighted by molar-refractivity contribution is 6.74. The summed E-state index contributed by atoms with van der Waals surface area (Å²) >= 11 is 0. The molecule has 2 heteroatoms. The van der Waals surface area contributed by atoms with Crippen LogP contribution in [-0.4, -0.2) is 8.32 Å². The van der Waals surface area contributed by atoms with Gasteiger partial charge in [0.15, 0.2) is 0 Å². The molecule has 1 nitrogen and oxygen atoms in total. The molecule has 0 spiro atoms.